The van der Waals surface area contributed by atoms with E-state index in [1.165, 1.54) is 10.5 Å². The van der Waals surface area contributed by atoms with Gasteiger partial charge in [0.05, 0.1) is 19.8 Å². The number of imide groups is 1. The van der Waals surface area contributed by atoms with Gasteiger partial charge in [-0.1, -0.05) is 36.4 Å². The predicted molar refractivity (Wildman–Crippen MR) is 123 cm³/mol. The van der Waals surface area contributed by atoms with Gasteiger partial charge in [-0.25, -0.2) is 0 Å². The second-order valence-electron chi connectivity index (χ2n) is 8.27. The summed E-state index contributed by atoms with van der Waals surface area (Å²) in [6.45, 7) is 3.71. The van der Waals surface area contributed by atoms with E-state index in [9.17, 15) is 9.59 Å². The molecular weight excluding hydrogens is 404 g/mol. The summed E-state index contributed by atoms with van der Waals surface area (Å²) >= 11 is 0. The zero-order valence-corrected chi connectivity index (χ0v) is 19.0. The third kappa shape index (κ3) is 4.09. The monoisotopic (exact) mass is 434 g/mol. The Kier molecular flexibility index (Phi) is 6.49. The van der Waals surface area contributed by atoms with E-state index >= 15 is 0 Å². The van der Waals surface area contributed by atoms with E-state index in [0.717, 1.165) is 32.4 Å². The number of hydrogen-bond donors (Lipinski definition) is 0. The number of ether oxygens (including phenoxy) is 2. The Morgan fingerprint density at radius 1 is 0.906 bits per heavy atom. The molecule has 1 saturated heterocycles. The van der Waals surface area contributed by atoms with Crippen LogP contribution in [0.15, 0.2) is 54.2 Å². The van der Waals surface area contributed by atoms with Crippen molar-refractivity contribution in [3.8, 4) is 11.5 Å². The average Bonchev–Trinajstić information content (AvgIpc) is 3.09. The van der Waals surface area contributed by atoms with Crippen LogP contribution in [0.4, 0.5) is 0 Å². The molecule has 0 aromatic heterocycles. The number of likely N-dealkylation sites (N-methyl/N-ethyl adjacent to an activating group) is 1. The molecule has 4 rings (SSSR count). The molecule has 2 amide bonds. The van der Waals surface area contributed by atoms with Crippen LogP contribution in [-0.2, 0) is 16.0 Å². The molecule has 32 heavy (non-hydrogen) atoms. The van der Waals surface area contributed by atoms with Crippen LogP contribution in [-0.4, -0.2) is 55.5 Å². The number of carbonyl (C=O) groups is 2. The van der Waals surface area contributed by atoms with Crippen molar-refractivity contribution >= 4 is 17.4 Å². The third-order valence-corrected chi connectivity index (χ3v) is 6.43. The fourth-order valence-corrected chi connectivity index (χ4v) is 4.70. The summed E-state index contributed by atoms with van der Waals surface area (Å²) in [5.74, 6) is 1.25. The van der Waals surface area contributed by atoms with Gasteiger partial charge in [-0.15, -0.1) is 0 Å². The molecule has 2 aliphatic heterocycles. The second kappa shape index (κ2) is 9.47. The molecule has 0 unspecified atom stereocenters. The van der Waals surface area contributed by atoms with Crippen LogP contribution < -0.4 is 9.47 Å². The molecule has 168 valence electrons. The van der Waals surface area contributed by atoms with Gasteiger partial charge in [0.1, 0.15) is 5.70 Å². The molecule has 0 aliphatic carbocycles. The highest BCUT2D eigenvalue weighted by Gasteiger charge is 2.41. The first-order valence-corrected chi connectivity index (χ1v) is 11.2. The van der Waals surface area contributed by atoms with Gasteiger partial charge in [-0.3, -0.25) is 14.5 Å². The third-order valence-electron chi connectivity index (χ3n) is 6.43. The summed E-state index contributed by atoms with van der Waals surface area (Å²) < 4.78 is 10.8. The van der Waals surface area contributed by atoms with Gasteiger partial charge in [-0.05, 0) is 55.4 Å². The normalized spacial score (nSPS) is 17.3. The molecule has 2 aliphatic rings. The first-order valence-electron chi connectivity index (χ1n) is 11.2. The first-order chi connectivity index (χ1) is 15.6. The van der Waals surface area contributed by atoms with E-state index in [0.29, 0.717) is 40.8 Å². The standard InChI is InChI=1S/C26H30N2O4/c1-4-28-25(29)23(20-10-11-21(31-2)22(17-20)32-3)24(26(28)30)27-14-12-19(13-15-27)16-18-8-6-5-7-9-18/h5-11,17,19H,4,12-16H2,1-3H3. The highest BCUT2D eigenvalue weighted by Crippen LogP contribution is 2.37. The van der Waals surface area contributed by atoms with Crippen LogP contribution in [0.25, 0.3) is 5.57 Å². The number of amides is 2. The van der Waals surface area contributed by atoms with Crippen molar-refractivity contribution in [2.45, 2.75) is 26.2 Å². The van der Waals surface area contributed by atoms with Crippen molar-refractivity contribution in [3.63, 3.8) is 0 Å². The Morgan fingerprint density at radius 2 is 1.59 bits per heavy atom. The molecule has 1 fully saturated rings. The molecule has 6 nitrogen and oxygen atoms in total. The molecule has 2 aromatic carbocycles. The zero-order chi connectivity index (χ0) is 22.7. The molecule has 0 spiro atoms. The minimum atomic E-state index is -0.244. The van der Waals surface area contributed by atoms with E-state index in [1.807, 2.05) is 19.1 Å². The second-order valence-corrected chi connectivity index (χ2v) is 8.27. The lowest BCUT2D eigenvalue weighted by atomic mass is 9.89. The summed E-state index contributed by atoms with van der Waals surface area (Å²) in [7, 11) is 3.14. The Hall–Kier alpha value is -3.28. The Labute approximate surface area is 189 Å². The maximum Gasteiger partial charge on any atom is 0.277 e. The summed E-state index contributed by atoms with van der Waals surface area (Å²) in [5, 5.41) is 0. The molecule has 0 saturated carbocycles. The van der Waals surface area contributed by atoms with Crippen LogP contribution in [0.2, 0.25) is 0 Å². The van der Waals surface area contributed by atoms with Crippen molar-refractivity contribution < 1.29 is 19.1 Å². The van der Waals surface area contributed by atoms with Gasteiger partial charge in [-0.2, -0.15) is 0 Å². The smallest absolute Gasteiger partial charge is 0.277 e. The Bertz CT molecular complexity index is 1020. The molecule has 6 heteroatoms. The lowest BCUT2D eigenvalue weighted by Gasteiger charge is -2.34. The van der Waals surface area contributed by atoms with E-state index in [-0.39, 0.29) is 11.8 Å². The molecule has 2 heterocycles. The summed E-state index contributed by atoms with van der Waals surface area (Å²) in [6, 6.07) is 15.9. The van der Waals surface area contributed by atoms with Gasteiger partial charge in [0.25, 0.3) is 11.8 Å². The van der Waals surface area contributed by atoms with Crippen LogP contribution in [0.1, 0.15) is 30.9 Å². The molecule has 0 atom stereocenters. The quantitative estimate of drug-likeness (QED) is 0.621. The largest absolute Gasteiger partial charge is 0.493 e. The van der Waals surface area contributed by atoms with Gasteiger partial charge in [0.2, 0.25) is 0 Å². The number of carbonyl (C=O) groups excluding carboxylic acids is 2. The van der Waals surface area contributed by atoms with Gasteiger partial charge >= 0.3 is 0 Å². The minimum Gasteiger partial charge on any atom is -0.493 e. The summed E-state index contributed by atoms with van der Waals surface area (Å²) in [6.07, 6.45) is 3.03. The maximum atomic E-state index is 13.2. The number of hydrogen-bond acceptors (Lipinski definition) is 5. The fourth-order valence-electron chi connectivity index (χ4n) is 4.70. The van der Waals surface area contributed by atoms with Crippen LogP contribution in [0, 0.1) is 5.92 Å². The van der Waals surface area contributed by atoms with Crippen LogP contribution in [0.3, 0.4) is 0 Å². The predicted octanol–water partition coefficient (Wildman–Crippen LogP) is 3.76. The highest BCUT2D eigenvalue weighted by molar-refractivity contribution is 6.35. The van der Waals surface area contributed by atoms with Crippen molar-refractivity contribution in [2.75, 3.05) is 33.9 Å². The number of benzene rings is 2. The van der Waals surface area contributed by atoms with Crippen molar-refractivity contribution in [3.05, 3.63) is 65.4 Å². The van der Waals surface area contributed by atoms with E-state index < -0.39 is 0 Å². The topological polar surface area (TPSA) is 59.1 Å². The fraction of sp³-hybridized carbons (Fsp3) is 0.385. The lowest BCUT2D eigenvalue weighted by molar-refractivity contribution is -0.137. The van der Waals surface area contributed by atoms with Crippen molar-refractivity contribution in [2.24, 2.45) is 5.92 Å². The number of likely N-dealkylation sites (tertiary alicyclic amines) is 1. The minimum absolute atomic E-state index is 0.205. The van der Waals surface area contributed by atoms with Crippen LogP contribution >= 0.6 is 0 Å². The first kappa shape index (κ1) is 21.9. The van der Waals surface area contributed by atoms with Gasteiger partial charge in [0.15, 0.2) is 11.5 Å². The molecule has 0 bridgehead atoms. The van der Waals surface area contributed by atoms with Gasteiger partial charge < -0.3 is 14.4 Å². The summed E-state index contributed by atoms with van der Waals surface area (Å²) in [5.41, 5.74) is 3.00. The molecule has 0 radical (unpaired) electrons. The van der Waals surface area contributed by atoms with Gasteiger partial charge in [0, 0.05) is 19.6 Å². The Morgan fingerprint density at radius 3 is 2.22 bits per heavy atom. The van der Waals surface area contributed by atoms with E-state index in [4.69, 9.17) is 9.47 Å². The Balaban J connectivity index is 1.61. The summed E-state index contributed by atoms with van der Waals surface area (Å²) in [4.78, 5) is 29.9. The molecule has 2 aromatic rings. The molecule has 0 N–H and O–H groups in total. The van der Waals surface area contributed by atoms with Crippen LogP contribution in [0.5, 0.6) is 11.5 Å². The van der Waals surface area contributed by atoms with E-state index in [1.54, 1.807) is 26.4 Å². The maximum absolute atomic E-state index is 13.2. The number of piperidine rings is 1. The van der Waals surface area contributed by atoms with E-state index in [2.05, 4.69) is 29.2 Å². The van der Waals surface area contributed by atoms with Crippen molar-refractivity contribution in [1.29, 1.82) is 0 Å². The number of methoxy groups -OCH3 is 2. The molecular formula is C26H30N2O4. The number of rotatable bonds is 7. The lowest BCUT2D eigenvalue weighted by Crippen LogP contribution is -2.39. The zero-order valence-electron chi connectivity index (χ0n) is 19.0. The SMILES string of the molecule is CCN1C(=O)C(c2ccc(OC)c(OC)c2)=C(N2CCC(Cc3ccccc3)CC2)C1=O. The van der Waals surface area contributed by atoms with Crippen molar-refractivity contribution in [1.82, 2.24) is 9.80 Å². The average molecular weight is 435 g/mol. The highest BCUT2D eigenvalue weighted by atomic mass is 16.5. The number of nitrogens with zero attached hydrogens (tertiary/aromatic N) is 2.